The Labute approximate surface area is 178 Å². The Hall–Kier alpha value is -1.77. The Morgan fingerprint density at radius 1 is 1.31 bits per heavy atom. The van der Waals surface area contributed by atoms with Crippen molar-refractivity contribution < 1.29 is 8.42 Å². The van der Waals surface area contributed by atoms with Gasteiger partial charge in [-0.15, -0.1) is 0 Å². The Bertz CT molecular complexity index is 949. The van der Waals surface area contributed by atoms with E-state index in [4.69, 9.17) is 16.6 Å². The number of benzene rings is 1. The SMILES string of the molecule is CCNC(=NCCc1c[nH]c2ccc(Cl)cc12)NC1CCN(S(=O)(=O)CC)CC1. The van der Waals surface area contributed by atoms with Gasteiger partial charge in [-0.25, -0.2) is 12.7 Å². The van der Waals surface area contributed by atoms with Crippen LogP contribution in [0.15, 0.2) is 29.4 Å². The number of hydrogen-bond donors (Lipinski definition) is 3. The number of rotatable bonds is 7. The fourth-order valence-corrected chi connectivity index (χ4v) is 4.92. The second kappa shape index (κ2) is 9.82. The summed E-state index contributed by atoms with van der Waals surface area (Å²) in [4.78, 5) is 7.98. The maximum Gasteiger partial charge on any atom is 0.213 e. The Balaban J connectivity index is 1.57. The van der Waals surface area contributed by atoms with Gasteiger partial charge >= 0.3 is 0 Å². The minimum atomic E-state index is -3.10. The minimum Gasteiger partial charge on any atom is -0.361 e. The van der Waals surface area contributed by atoms with E-state index in [1.165, 1.54) is 5.56 Å². The van der Waals surface area contributed by atoms with E-state index in [2.05, 4.69) is 15.6 Å². The summed E-state index contributed by atoms with van der Waals surface area (Å²) in [7, 11) is -3.10. The van der Waals surface area contributed by atoms with Crippen LogP contribution in [0.1, 0.15) is 32.3 Å². The Morgan fingerprint density at radius 3 is 2.76 bits per heavy atom. The van der Waals surface area contributed by atoms with Crippen LogP contribution in [0.3, 0.4) is 0 Å². The van der Waals surface area contributed by atoms with Crippen LogP contribution in [0.2, 0.25) is 5.02 Å². The van der Waals surface area contributed by atoms with Gasteiger partial charge in [0.05, 0.1) is 5.75 Å². The number of aromatic nitrogens is 1. The van der Waals surface area contributed by atoms with Crippen molar-refractivity contribution >= 4 is 38.5 Å². The molecule has 1 saturated heterocycles. The molecule has 0 aliphatic carbocycles. The van der Waals surface area contributed by atoms with Crippen LogP contribution < -0.4 is 10.6 Å². The topological polar surface area (TPSA) is 89.6 Å². The molecule has 1 aromatic heterocycles. The van der Waals surface area contributed by atoms with Crippen molar-refractivity contribution in [1.29, 1.82) is 0 Å². The number of hydrogen-bond acceptors (Lipinski definition) is 3. The highest BCUT2D eigenvalue weighted by Crippen LogP contribution is 2.22. The van der Waals surface area contributed by atoms with Gasteiger partial charge < -0.3 is 15.6 Å². The molecule has 29 heavy (non-hydrogen) atoms. The van der Waals surface area contributed by atoms with Crippen LogP contribution in [0, 0.1) is 0 Å². The number of fused-ring (bicyclic) bond motifs is 1. The van der Waals surface area contributed by atoms with Gasteiger partial charge in [0.1, 0.15) is 0 Å². The molecule has 9 heteroatoms. The zero-order valence-corrected chi connectivity index (χ0v) is 18.6. The quantitative estimate of drug-likeness (QED) is 0.457. The molecule has 7 nitrogen and oxygen atoms in total. The predicted molar refractivity (Wildman–Crippen MR) is 120 cm³/mol. The Morgan fingerprint density at radius 2 is 2.07 bits per heavy atom. The Kier molecular flexibility index (Phi) is 7.43. The van der Waals surface area contributed by atoms with Crippen LogP contribution >= 0.6 is 11.6 Å². The molecule has 0 unspecified atom stereocenters. The number of H-pyrrole nitrogens is 1. The summed E-state index contributed by atoms with van der Waals surface area (Å²) in [5.41, 5.74) is 2.27. The van der Waals surface area contributed by atoms with Gasteiger partial charge in [-0.3, -0.25) is 4.99 Å². The van der Waals surface area contributed by atoms with Crippen molar-refractivity contribution in [2.75, 3.05) is 31.9 Å². The molecule has 1 aliphatic heterocycles. The summed E-state index contributed by atoms with van der Waals surface area (Å²) in [5, 5.41) is 8.61. The summed E-state index contributed by atoms with van der Waals surface area (Å²) < 4.78 is 25.6. The second-order valence-corrected chi connectivity index (χ2v) is 9.93. The maximum atomic E-state index is 12.0. The smallest absolute Gasteiger partial charge is 0.213 e. The van der Waals surface area contributed by atoms with Crippen molar-refractivity contribution in [3.63, 3.8) is 0 Å². The molecule has 3 N–H and O–H groups in total. The van der Waals surface area contributed by atoms with Crippen LogP contribution in [-0.2, 0) is 16.4 Å². The van der Waals surface area contributed by atoms with Crippen molar-refractivity contribution in [3.8, 4) is 0 Å². The number of piperidine rings is 1. The number of aliphatic imine (C=N–C) groups is 1. The van der Waals surface area contributed by atoms with E-state index in [9.17, 15) is 8.42 Å². The molecule has 0 spiro atoms. The van der Waals surface area contributed by atoms with E-state index in [-0.39, 0.29) is 11.8 Å². The van der Waals surface area contributed by atoms with Gasteiger partial charge in [0.2, 0.25) is 10.0 Å². The molecule has 0 radical (unpaired) electrons. The lowest BCUT2D eigenvalue weighted by molar-refractivity contribution is 0.306. The molecule has 160 valence electrons. The highest BCUT2D eigenvalue weighted by Gasteiger charge is 2.26. The van der Waals surface area contributed by atoms with E-state index >= 15 is 0 Å². The lowest BCUT2D eigenvalue weighted by Gasteiger charge is -2.32. The molecule has 0 atom stereocenters. The van der Waals surface area contributed by atoms with E-state index in [0.29, 0.717) is 19.6 Å². The molecular weight excluding hydrogens is 410 g/mol. The molecule has 1 fully saturated rings. The first-order valence-electron chi connectivity index (χ1n) is 10.2. The van der Waals surface area contributed by atoms with Crippen molar-refractivity contribution in [1.82, 2.24) is 19.9 Å². The fourth-order valence-electron chi connectivity index (χ4n) is 3.62. The van der Waals surface area contributed by atoms with Crippen LogP contribution in [0.4, 0.5) is 0 Å². The molecule has 1 aliphatic rings. The fraction of sp³-hybridized carbons (Fsp3) is 0.550. The number of aromatic amines is 1. The molecule has 2 heterocycles. The summed E-state index contributed by atoms with van der Waals surface area (Å²) in [5.74, 6) is 0.941. The monoisotopic (exact) mass is 439 g/mol. The van der Waals surface area contributed by atoms with Gasteiger partial charge in [-0.2, -0.15) is 0 Å². The lowest BCUT2D eigenvalue weighted by Crippen LogP contribution is -2.50. The number of guanidine groups is 1. The number of nitrogens with zero attached hydrogens (tertiary/aromatic N) is 2. The average molecular weight is 440 g/mol. The van der Waals surface area contributed by atoms with E-state index in [1.807, 2.05) is 31.3 Å². The van der Waals surface area contributed by atoms with Gasteiger partial charge in [0.25, 0.3) is 0 Å². The minimum absolute atomic E-state index is 0.161. The van der Waals surface area contributed by atoms with Crippen LogP contribution in [-0.4, -0.2) is 61.6 Å². The van der Waals surface area contributed by atoms with Crippen molar-refractivity contribution in [2.45, 2.75) is 39.2 Å². The van der Waals surface area contributed by atoms with Crippen molar-refractivity contribution in [2.24, 2.45) is 4.99 Å². The zero-order chi connectivity index (χ0) is 20.9. The van der Waals surface area contributed by atoms with E-state index in [1.54, 1.807) is 11.2 Å². The van der Waals surface area contributed by atoms with E-state index < -0.39 is 10.0 Å². The second-order valence-electron chi connectivity index (χ2n) is 7.23. The predicted octanol–water partition coefficient (Wildman–Crippen LogP) is 2.73. The highest BCUT2D eigenvalue weighted by atomic mass is 35.5. The molecule has 0 saturated carbocycles. The highest BCUT2D eigenvalue weighted by molar-refractivity contribution is 7.89. The van der Waals surface area contributed by atoms with Gasteiger partial charge in [-0.1, -0.05) is 11.6 Å². The van der Waals surface area contributed by atoms with Crippen LogP contribution in [0.25, 0.3) is 10.9 Å². The molecule has 1 aromatic carbocycles. The van der Waals surface area contributed by atoms with Crippen molar-refractivity contribution in [3.05, 3.63) is 35.0 Å². The molecular formula is C20H30ClN5O2S. The maximum absolute atomic E-state index is 12.0. The van der Waals surface area contributed by atoms with Gasteiger partial charge in [0, 0.05) is 54.3 Å². The summed E-state index contributed by atoms with van der Waals surface area (Å²) in [6.07, 6.45) is 4.39. The third kappa shape index (κ3) is 5.65. The van der Waals surface area contributed by atoms with Crippen LogP contribution in [0.5, 0.6) is 0 Å². The van der Waals surface area contributed by atoms with Gasteiger partial charge in [-0.05, 0) is 56.9 Å². The first-order chi connectivity index (χ1) is 13.9. The number of nitrogens with one attached hydrogen (secondary N) is 3. The van der Waals surface area contributed by atoms with Gasteiger partial charge in [0.15, 0.2) is 5.96 Å². The molecule has 3 rings (SSSR count). The first-order valence-corrected chi connectivity index (χ1v) is 12.2. The molecule has 0 bridgehead atoms. The number of halogens is 1. The molecule has 0 amide bonds. The third-order valence-corrected chi connectivity index (χ3v) is 7.39. The average Bonchev–Trinajstić information content (AvgIpc) is 3.10. The summed E-state index contributed by atoms with van der Waals surface area (Å²) in [6, 6.07) is 6.07. The standard InChI is InChI=1S/C20H30ClN5O2S/c1-3-22-20(25-17-8-11-26(12-9-17)29(27,28)4-2)23-10-7-15-14-24-19-6-5-16(21)13-18(15)19/h5-6,13-14,17,24H,3-4,7-12H2,1-2H3,(H2,22,23,25). The summed E-state index contributed by atoms with van der Waals surface area (Å²) in [6.45, 7) is 6.27. The number of sulfonamides is 1. The van der Waals surface area contributed by atoms with E-state index in [0.717, 1.165) is 47.7 Å². The largest absolute Gasteiger partial charge is 0.361 e. The first kappa shape index (κ1) is 21.9. The zero-order valence-electron chi connectivity index (χ0n) is 17.0. The normalized spacial score (nSPS) is 17.0. The molecule has 2 aromatic rings. The summed E-state index contributed by atoms with van der Waals surface area (Å²) >= 11 is 6.13. The lowest BCUT2D eigenvalue weighted by atomic mass is 10.1. The third-order valence-electron chi connectivity index (χ3n) is 5.28.